The second-order valence-electron chi connectivity index (χ2n) is 20.4. The molecule has 14 nitrogen and oxygen atoms in total. The average molecular weight is 874 g/mol. The number of alkyl carbamates (subject to hydrolysis) is 1. The number of esters is 2. The van der Waals surface area contributed by atoms with Crippen LogP contribution in [0.1, 0.15) is 109 Å². The van der Waals surface area contributed by atoms with Gasteiger partial charge in [0, 0.05) is 43.6 Å². The third-order valence-corrected chi connectivity index (χ3v) is 15.1. The minimum atomic E-state index is -0.950. The molecule has 344 valence electrons. The van der Waals surface area contributed by atoms with Gasteiger partial charge in [0.2, 0.25) is 6.29 Å². The Balaban J connectivity index is 0.741. The van der Waals surface area contributed by atoms with Gasteiger partial charge in [-0.25, -0.2) is 9.59 Å². The van der Waals surface area contributed by atoms with Crippen LogP contribution in [0.4, 0.5) is 9.59 Å². The van der Waals surface area contributed by atoms with Gasteiger partial charge in [-0.3, -0.25) is 9.59 Å². The molecule has 2 amide bonds. The molecule has 7 aliphatic rings. The number of piperidine rings is 1. The van der Waals surface area contributed by atoms with E-state index < -0.39 is 18.5 Å². The molecule has 2 aromatic carbocycles. The van der Waals surface area contributed by atoms with E-state index in [9.17, 15) is 19.2 Å². The van der Waals surface area contributed by atoms with Crippen molar-refractivity contribution in [2.24, 2.45) is 34.5 Å². The quantitative estimate of drug-likeness (QED) is 0.141. The molecule has 5 saturated carbocycles. The fraction of sp³-hybridized carbons (Fsp3) is 0.673. The van der Waals surface area contributed by atoms with Gasteiger partial charge in [-0.1, -0.05) is 26.0 Å². The number of carbonyl (C=O) groups excluding carboxylic acids is 4. The first-order valence-electron chi connectivity index (χ1n) is 23.1. The molecular weight excluding hydrogens is 807 g/mol. The number of benzene rings is 2. The van der Waals surface area contributed by atoms with Crippen molar-refractivity contribution in [3.63, 3.8) is 0 Å². The molecule has 2 N–H and O–H groups in total. The smallest absolute Gasteiger partial charge is 0.412 e. The second-order valence-corrected chi connectivity index (χ2v) is 20.4. The number of rotatable bonds is 14. The number of ether oxygens (including phenoxy) is 7. The summed E-state index contributed by atoms with van der Waals surface area (Å²) in [6.07, 6.45) is 10.6. The lowest BCUT2D eigenvalue weighted by Crippen LogP contribution is -2.65. The van der Waals surface area contributed by atoms with Crippen LogP contribution in [0.25, 0.3) is 0 Å². The minimum absolute atomic E-state index is 0.0199. The van der Waals surface area contributed by atoms with E-state index in [4.69, 9.17) is 33.2 Å². The van der Waals surface area contributed by atoms with Gasteiger partial charge >= 0.3 is 24.1 Å². The van der Waals surface area contributed by atoms with Gasteiger partial charge in [0.1, 0.15) is 0 Å². The molecule has 0 aromatic heterocycles. The third kappa shape index (κ3) is 10.3. The fourth-order valence-corrected chi connectivity index (χ4v) is 13.2. The average Bonchev–Trinajstić information content (AvgIpc) is 3.56. The number of nitrogens with one attached hydrogen (secondary N) is 2. The predicted molar refractivity (Wildman–Crippen MR) is 233 cm³/mol. The molecule has 63 heavy (non-hydrogen) atoms. The number of likely N-dealkylation sites (tertiary alicyclic amines) is 1. The van der Waals surface area contributed by atoms with E-state index in [-0.39, 0.29) is 52.1 Å². The van der Waals surface area contributed by atoms with E-state index in [0.29, 0.717) is 54.4 Å². The maximum atomic E-state index is 13.2. The lowest BCUT2D eigenvalue weighted by Gasteiger charge is -2.65. The summed E-state index contributed by atoms with van der Waals surface area (Å²) in [5.74, 6) is 1.53. The number of hydrogen-bond acceptors (Lipinski definition) is 12. The number of carbonyl (C=O) groups is 4. The zero-order chi connectivity index (χ0) is 44.5. The molecule has 14 heteroatoms. The maximum Gasteiger partial charge on any atom is 0.412 e. The monoisotopic (exact) mass is 873 g/mol. The van der Waals surface area contributed by atoms with Gasteiger partial charge in [-0.05, 0) is 142 Å². The number of nitrogens with zero attached hydrogens (tertiary/aromatic N) is 1. The topological polar surface area (TPSA) is 160 Å². The Labute approximate surface area is 371 Å². The highest BCUT2D eigenvalue weighted by molar-refractivity contribution is 5.76. The van der Waals surface area contributed by atoms with E-state index in [1.807, 2.05) is 30.3 Å². The molecule has 2 aromatic rings. The van der Waals surface area contributed by atoms with Crippen molar-refractivity contribution < 1.29 is 52.3 Å². The van der Waals surface area contributed by atoms with E-state index in [2.05, 4.69) is 29.4 Å². The SMILES string of the molecule is COc1ccc(C[C@H]2COC(=O)[C@@H]2Cc2ccc(OC(=O)NC3CCN(C4CCC(C(=O)OC(C)OC(=O)NC56CC7CC(C)(CC(C)(C7)C5)C6)CC4)CC3)c(OC)c2)cc1OC. The predicted octanol–water partition coefficient (Wildman–Crippen LogP) is 7.76. The Hall–Kier alpha value is -4.72. The summed E-state index contributed by atoms with van der Waals surface area (Å²) in [6.45, 7) is 8.37. The Morgan fingerprint density at radius 2 is 1.38 bits per heavy atom. The molecule has 7 fully saturated rings. The zero-order valence-corrected chi connectivity index (χ0v) is 38.0. The van der Waals surface area contributed by atoms with Gasteiger partial charge in [0.05, 0.1) is 39.8 Å². The highest BCUT2D eigenvalue weighted by Crippen LogP contribution is 2.66. The van der Waals surface area contributed by atoms with E-state index in [0.717, 1.165) is 82.0 Å². The van der Waals surface area contributed by atoms with Crippen LogP contribution in [0.15, 0.2) is 36.4 Å². The van der Waals surface area contributed by atoms with Crippen molar-refractivity contribution in [2.45, 2.75) is 135 Å². The summed E-state index contributed by atoms with van der Waals surface area (Å²) in [7, 11) is 4.72. The summed E-state index contributed by atoms with van der Waals surface area (Å²) in [4.78, 5) is 54.6. The van der Waals surface area contributed by atoms with Crippen LogP contribution >= 0.6 is 0 Å². The Bertz CT molecular complexity index is 1990. The molecule has 4 bridgehead atoms. The van der Waals surface area contributed by atoms with E-state index >= 15 is 0 Å². The summed E-state index contributed by atoms with van der Waals surface area (Å²) < 4.78 is 39.0. The van der Waals surface area contributed by atoms with Crippen molar-refractivity contribution in [3.8, 4) is 23.0 Å². The van der Waals surface area contributed by atoms with Crippen LogP contribution in [0, 0.1) is 34.5 Å². The number of methoxy groups -OCH3 is 3. The first kappa shape index (κ1) is 44.9. The Morgan fingerprint density at radius 3 is 2.02 bits per heavy atom. The first-order chi connectivity index (χ1) is 30.1. The van der Waals surface area contributed by atoms with Gasteiger partial charge in [0.15, 0.2) is 23.0 Å². The number of amides is 2. The van der Waals surface area contributed by atoms with Crippen molar-refractivity contribution in [1.29, 1.82) is 0 Å². The van der Waals surface area contributed by atoms with Crippen molar-refractivity contribution in [3.05, 3.63) is 47.5 Å². The molecule has 2 aliphatic heterocycles. The second kappa shape index (κ2) is 18.4. The highest BCUT2D eigenvalue weighted by Gasteiger charge is 2.60. The summed E-state index contributed by atoms with van der Waals surface area (Å²) in [5, 5.41) is 6.28. The lowest BCUT2D eigenvalue weighted by molar-refractivity contribution is -0.172. The van der Waals surface area contributed by atoms with Crippen LogP contribution in [-0.2, 0) is 36.6 Å². The first-order valence-corrected chi connectivity index (χ1v) is 23.1. The van der Waals surface area contributed by atoms with Gasteiger partial charge in [-0.15, -0.1) is 0 Å². The van der Waals surface area contributed by atoms with Gasteiger partial charge < -0.3 is 48.7 Å². The van der Waals surface area contributed by atoms with Crippen LogP contribution in [-0.4, -0.2) is 94.0 Å². The molecule has 0 radical (unpaired) electrons. The molecule has 2 saturated heterocycles. The zero-order valence-electron chi connectivity index (χ0n) is 38.0. The third-order valence-electron chi connectivity index (χ3n) is 15.1. The molecule has 9 rings (SSSR count). The van der Waals surface area contributed by atoms with Crippen LogP contribution in [0.2, 0.25) is 0 Å². The van der Waals surface area contributed by atoms with Crippen LogP contribution in [0.5, 0.6) is 23.0 Å². The van der Waals surface area contributed by atoms with Gasteiger partial charge in [0.25, 0.3) is 0 Å². The molecular formula is C49H67N3O11. The molecule has 2 heterocycles. The van der Waals surface area contributed by atoms with Crippen molar-refractivity contribution in [1.82, 2.24) is 15.5 Å². The maximum absolute atomic E-state index is 13.2. The highest BCUT2D eigenvalue weighted by atomic mass is 16.7. The number of cyclic esters (lactones) is 1. The fourth-order valence-electron chi connectivity index (χ4n) is 13.2. The standard InChI is InChI=1S/C49H67N3O11/c1-30(62-46(56)51-49-25-33-23-47(2,28-49)27-48(3,24-33)29-49)61-43(53)34-9-11-37(12-10-34)52-17-15-36(16-18-52)50-45(55)63-40-14-8-32(22-42(40)59-6)20-38-35(26-60-44(38)54)19-31-7-13-39(57-4)41(21-31)58-5/h7-8,13-14,21-22,30,33-38H,9-12,15-20,23-29H2,1-6H3,(H,50,55)(H,51,56)/t30?,33?,34?,35-,37?,38+,47?,48?,49?/m0/s1. The molecule has 0 spiro atoms. The van der Waals surface area contributed by atoms with E-state index in [1.54, 1.807) is 27.2 Å². The Morgan fingerprint density at radius 1 is 0.762 bits per heavy atom. The van der Waals surface area contributed by atoms with Gasteiger partial charge in [-0.2, -0.15) is 0 Å². The molecule has 5 aliphatic carbocycles. The summed E-state index contributed by atoms with van der Waals surface area (Å²) in [5.41, 5.74) is 2.21. The Kier molecular flexibility index (Phi) is 13.1. The minimum Gasteiger partial charge on any atom is -0.493 e. The summed E-state index contributed by atoms with van der Waals surface area (Å²) >= 11 is 0. The van der Waals surface area contributed by atoms with Crippen molar-refractivity contribution >= 4 is 24.1 Å². The summed E-state index contributed by atoms with van der Waals surface area (Å²) in [6, 6.07) is 11.5. The van der Waals surface area contributed by atoms with Crippen LogP contribution in [0.3, 0.4) is 0 Å². The molecule has 5 atom stereocenters. The largest absolute Gasteiger partial charge is 0.493 e. The van der Waals surface area contributed by atoms with Crippen molar-refractivity contribution in [2.75, 3.05) is 41.0 Å². The number of hydrogen-bond donors (Lipinski definition) is 2. The normalized spacial score (nSPS) is 32.0. The van der Waals surface area contributed by atoms with E-state index in [1.165, 1.54) is 26.4 Å². The lowest BCUT2D eigenvalue weighted by atomic mass is 9.43. The molecule has 3 unspecified atom stereocenters. The van der Waals surface area contributed by atoms with Crippen LogP contribution < -0.4 is 29.6 Å².